The van der Waals surface area contributed by atoms with E-state index in [0.29, 0.717) is 11.4 Å². The Balaban J connectivity index is 2.28. The standard InChI is InChI=1S/C13H14BrNO4/c1-8-12(16)15(7-9(14)13(17)18-2)10-5-3-4-6-11(10)19-8/h3-6,8-9H,7H2,1-2H3. The molecule has 102 valence electrons. The molecule has 6 heteroatoms. The lowest BCUT2D eigenvalue weighted by Gasteiger charge is -2.33. The van der Waals surface area contributed by atoms with Gasteiger partial charge in [0.2, 0.25) is 0 Å². The molecule has 0 aliphatic carbocycles. The molecule has 1 aliphatic heterocycles. The molecule has 2 unspecified atom stereocenters. The van der Waals surface area contributed by atoms with Gasteiger partial charge in [-0.1, -0.05) is 28.1 Å². The largest absolute Gasteiger partial charge is 0.479 e. The molecule has 0 aromatic heterocycles. The highest BCUT2D eigenvalue weighted by Crippen LogP contribution is 2.34. The Bertz CT molecular complexity index is 505. The number of nitrogens with zero attached hydrogens (tertiary/aromatic N) is 1. The van der Waals surface area contributed by atoms with Crippen molar-refractivity contribution in [2.45, 2.75) is 17.9 Å². The van der Waals surface area contributed by atoms with Crippen molar-refractivity contribution in [3.05, 3.63) is 24.3 Å². The number of hydrogen-bond acceptors (Lipinski definition) is 4. The summed E-state index contributed by atoms with van der Waals surface area (Å²) in [6.07, 6.45) is -0.563. The molecule has 0 spiro atoms. The van der Waals surface area contributed by atoms with E-state index >= 15 is 0 Å². The lowest BCUT2D eigenvalue weighted by molar-refractivity contribution is -0.139. The third-order valence-corrected chi connectivity index (χ3v) is 3.54. The van der Waals surface area contributed by atoms with Crippen molar-refractivity contribution in [1.29, 1.82) is 0 Å². The molecule has 2 rings (SSSR count). The number of rotatable bonds is 3. The summed E-state index contributed by atoms with van der Waals surface area (Å²) in [5.74, 6) is 0.0515. The first kappa shape index (κ1) is 13.9. The van der Waals surface area contributed by atoms with E-state index in [4.69, 9.17) is 4.74 Å². The predicted octanol–water partition coefficient (Wildman–Crippen LogP) is 1.74. The van der Waals surface area contributed by atoms with Gasteiger partial charge in [0.1, 0.15) is 10.6 Å². The van der Waals surface area contributed by atoms with E-state index in [9.17, 15) is 9.59 Å². The average Bonchev–Trinajstić information content (AvgIpc) is 2.42. The summed E-state index contributed by atoms with van der Waals surface area (Å²) >= 11 is 3.23. The SMILES string of the molecule is COC(=O)C(Br)CN1C(=O)C(C)Oc2ccccc21. The van der Waals surface area contributed by atoms with Gasteiger partial charge in [-0.05, 0) is 19.1 Å². The van der Waals surface area contributed by atoms with Crippen molar-refractivity contribution in [3.8, 4) is 5.75 Å². The van der Waals surface area contributed by atoms with Crippen LogP contribution in [0.25, 0.3) is 0 Å². The number of alkyl halides is 1. The molecule has 0 saturated heterocycles. The Morgan fingerprint density at radius 2 is 2.21 bits per heavy atom. The maximum Gasteiger partial charge on any atom is 0.321 e. The summed E-state index contributed by atoms with van der Waals surface area (Å²) in [6, 6.07) is 7.24. The van der Waals surface area contributed by atoms with Crippen LogP contribution in [0.3, 0.4) is 0 Å². The van der Waals surface area contributed by atoms with E-state index < -0.39 is 16.9 Å². The summed E-state index contributed by atoms with van der Waals surface area (Å²) in [5, 5.41) is 0. The number of hydrogen-bond donors (Lipinski definition) is 0. The smallest absolute Gasteiger partial charge is 0.321 e. The van der Waals surface area contributed by atoms with Gasteiger partial charge in [0.15, 0.2) is 6.10 Å². The predicted molar refractivity (Wildman–Crippen MR) is 73.6 cm³/mol. The number of amides is 1. The maximum absolute atomic E-state index is 12.2. The van der Waals surface area contributed by atoms with Gasteiger partial charge in [-0.15, -0.1) is 0 Å². The van der Waals surface area contributed by atoms with E-state index in [0.717, 1.165) is 0 Å². The number of benzene rings is 1. The molecular formula is C13H14BrNO4. The van der Waals surface area contributed by atoms with Crippen molar-refractivity contribution in [1.82, 2.24) is 0 Å². The second kappa shape index (κ2) is 5.61. The molecule has 5 nitrogen and oxygen atoms in total. The van der Waals surface area contributed by atoms with Crippen molar-refractivity contribution in [3.63, 3.8) is 0 Å². The van der Waals surface area contributed by atoms with Crippen LogP contribution >= 0.6 is 15.9 Å². The monoisotopic (exact) mass is 327 g/mol. The molecule has 0 saturated carbocycles. The number of fused-ring (bicyclic) bond motifs is 1. The fourth-order valence-electron chi connectivity index (χ4n) is 1.91. The van der Waals surface area contributed by atoms with Gasteiger partial charge < -0.3 is 14.4 Å². The maximum atomic E-state index is 12.2. The second-order valence-corrected chi connectivity index (χ2v) is 5.27. The van der Waals surface area contributed by atoms with Gasteiger partial charge in [-0.3, -0.25) is 9.59 Å². The number of anilines is 1. The number of ether oxygens (including phenoxy) is 2. The van der Waals surface area contributed by atoms with Gasteiger partial charge in [0.25, 0.3) is 5.91 Å². The highest BCUT2D eigenvalue weighted by atomic mass is 79.9. The number of esters is 1. The highest BCUT2D eigenvalue weighted by Gasteiger charge is 2.33. The van der Waals surface area contributed by atoms with E-state index in [1.54, 1.807) is 24.0 Å². The zero-order chi connectivity index (χ0) is 14.0. The molecular weight excluding hydrogens is 314 g/mol. The van der Waals surface area contributed by atoms with Crippen LogP contribution in [-0.2, 0) is 14.3 Å². The third kappa shape index (κ3) is 2.73. The van der Waals surface area contributed by atoms with Gasteiger partial charge >= 0.3 is 5.97 Å². The van der Waals surface area contributed by atoms with Crippen LogP contribution < -0.4 is 9.64 Å². The lowest BCUT2D eigenvalue weighted by atomic mass is 10.2. The molecule has 1 aromatic rings. The van der Waals surface area contributed by atoms with Gasteiger partial charge in [0.05, 0.1) is 12.8 Å². The molecule has 1 aromatic carbocycles. The van der Waals surface area contributed by atoms with Crippen molar-refractivity contribution >= 4 is 33.5 Å². The van der Waals surface area contributed by atoms with Crippen molar-refractivity contribution in [2.75, 3.05) is 18.6 Å². The van der Waals surface area contributed by atoms with E-state index in [-0.39, 0.29) is 12.5 Å². The third-order valence-electron chi connectivity index (χ3n) is 2.87. The topological polar surface area (TPSA) is 55.8 Å². The first-order valence-corrected chi connectivity index (χ1v) is 6.75. The summed E-state index contributed by atoms with van der Waals surface area (Å²) in [7, 11) is 1.31. The molecule has 1 amide bonds. The lowest BCUT2D eigenvalue weighted by Crippen LogP contribution is -2.47. The van der Waals surface area contributed by atoms with Crippen LogP contribution in [0, 0.1) is 0 Å². The average molecular weight is 328 g/mol. The summed E-state index contributed by atoms with van der Waals surface area (Å²) in [4.78, 5) is 24.6. The molecule has 0 N–H and O–H groups in total. The Hall–Kier alpha value is -1.56. The Morgan fingerprint density at radius 3 is 2.89 bits per heavy atom. The van der Waals surface area contributed by atoms with E-state index in [1.165, 1.54) is 7.11 Å². The number of halogens is 1. The molecule has 1 aliphatic rings. The minimum atomic E-state index is -0.570. The molecule has 2 atom stereocenters. The van der Waals surface area contributed by atoms with Gasteiger partial charge in [-0.25, -0.2) is 0 Å². The molecule has 0 bridgehead atoms. The summed E-state index contributed by atoms with van der Waals surface area (Å²) in [5.41, 5.74) is 0.666. The van der Waals surface area contributed by atoms with E-state index in [2.05, 4.69) is 20.7 Å². The van der Waals surface area contributed by atoms with Gasteiger partial charge in [0, 0.05) is 6.54 Å². The molecule has 1 heterocycles. The van der Waals surface area contributed by atoms with Crippen LogP contribution in [0.4, 0.5) is 5.69 Å². The molecule has 19 heavy (non-hydrogen) atoms. The minimum absolute atomic E-state index is 0.174. The normalized spacial score (nSPS) is 19.4. The summed E-state index contributed by atoms with van der Waals surface area (Å²) in [6.45, 7) is 1.89. The summed E-state index contributed by atoms with van der Waals surface area (Å²) < 4.78 is 10.2. The second-order valence-electron chi connectivity index (χ2n) is 4.17. The van der Waals surface area contributed by atoms with Crippen molar-refractivity contribution in [2.24, 2.45) is 0 Å². The van der Waals surface area contributed by atoms with Crippen LogP contribution in [0.2, 0.25) is 0 Å². The minimum Gasteiger partial charge on any atom is -0.479 e. The number of methoxy groups -OCH3 is 1. The quantitative estimate of drug-likeness (QED) is 0.626. The van der Waals surface area contributed by atoms with E-state index in [1.807, 2.05) is 12.1 Å². The Kier molecular flexibility index (Phi) is 4.09. The number of para-hydroxylation sites is 2. The molecule has 0 radical (unpaired) electrons. The highest BCUT2D eigenvalue weighted by molar-refractivity contribution is 9.10. The number of carbonyl (C=O) groups excluding carboxylic acids is 2. The van der Waals surface area contributed by atoms with Crippen LogP contribution in [-0.4, -0.2) is 36.5 Å². The zero-order valence-electron chi connectivity index (χ0n) is 10.6. The first-order chi connectivity index (χ1) is 9.04. The van der Waals surface area contributed by atoms with Gasteiger partial charge in [-0.2, -0.15) is 0 Å². The first-order valence-electron chi connectivity index (χ1n) is 5.83. The Morgan fingerprint density at radius 1 is 1.53 bits per heavy atom. The number of carbonyl (C=O) groups is 2. The fourth-order valence-corrected chi connectivity index (χ4v) is 2.39. The van der Waals surface area contributed by atoms with Crippen LogP contribution in [0.15, 0.2) is 24.3 Å². The fraction of sp³-hybridized carbons (Fsp3) is 0.385. The van der Waals surface area contributed by atoms with Crippen molar-refractivity contribution < 1.29 is 19.1 Å². The zero-order valence-corrected chi connectivity index (χ0v) is 12.2. The van der Waals surface area contributed by atoms with Crippen LogP contribution in [0.1, 0.15) is 6.92 Å². The molecule has 0 fully saturated rings. The Labute approximate surface area is 119 Å². The van der Waals surface area contributed by atoms with Crippen LogP contribution in [0.5, 0.6) is 5.75 Å².